The molecule has 6 nitrogen and oxygen atoms in total. The van der Waals surface area contributed by atoms with E-state index in [9.17, 15) is 9.18 Å². The van der Waals surface area contributed by atoms with Crippen molar-refractivity contribution in [3.63, 3.8) is 0 Å². The second kappa shape index (κ2) is 7.27. The average molecular weight is 355 g/mol. The molecule has 1 saturated heterocycles. The first-order chi connectivity index (χ1) is 12.7. The third-order valence-electron chi connectivity index (χ3n) is 5.00. The molecule has 0 unspecified atom stereocenters. The molecule has 1 saturated carbocycles. The minimum atomic E-state index is -0.235. The Morgan fingerprint density at radius 2 is 1.92 bits per heavy atom. The van der Waals surface area contributed by atoms with Crippen LogP contribution in [-0.2, 0) is 0 Å². The second-order valence-corrected chi connectivity index (χ2v) is 6.95. The van der Waals surface area contributed by atoms with Crippen LogP contribution in [0.2, 0.25) is 0 Å². The number of nitrogens with zero attached hydrogens (tertiary/aromatic N) is 3. The second-order valence-electron chi connectivity index (χ2n) is 6.95. The highest BCUT2D eigenvalue weighted by Crippen LogP contribution is 2.40. The predicted octanol–water partition coefficient (Wildman–Crippen LogP) is 2.44. The van der Waals surface area contributed by atoms with E-state index >= 15 is 0 Å². The van der Waals surface area contributed by atoms with E-state index in [0.29, 0.717) is 12.5 Å². The molecule has 0 spiro atoms. The molecule has 26 heavy (non-hydrogen) atoms. The predicted molar refractivity (Wildman–Crippen MR) is 96.5 cm³/mol. The number of nitrogens with one attached hydrogen (secondary N) is 2. The zero-order valence-electron chi connectivity index (χ0n) is 14.4. The zero-order valence-corrected chi connectivity index (χ0v) is 14.4. The number of carbonyl (C=O) groups excluding carboxylic acids is 1. The quantitative estimate of drug-likeness (QED) is 0.884. The van der Waals surface area contributed by atoms with Gasteiger partial charge in [-0.3, -0.25) is 0 Å². The molecular weight excluding hydrogens is 333 g/mol. The summed E-state index contributed by atoms with van der Waals surface area (Å²) in [6.07, 6.45) is 6.30. The van der Waals surface area contributed by atoms with Crippen LogP contribution in [0.5, 0.6) is 0 Å². The van der Waals surface area contributed by atoms with E-state index in [1.165, 1.54) is 12.1 Å². The van der Waals surface area contributed by atoms with Gasteiger partial charge in [0, 0.05) is 43.5 Å². The minimum absolute atomic E-state index is 0.0792. The molecular formula is C19H22FN5O. The highest BCUT2D eigenvalue weighted by Gasteiger charge is 2.39. The molecule has 2 aromatic rings. The van der Waals surface area contributed by atoms with Gasteiger partial charge in [-0.2, -0.15) is 0 Å². The fourth-order valence-electron chi connectivity index (χ4n) is 3.56. The number of carbonyl (C=O) groups is 1. The van der Waals surface area contributed by atoms with Crippen LogP contribution >= 0.6 is 0 Å². The van der Waals surface area contributed by atoms with Crippen LogP contribution in [-0.4, -0.2) is 41.2 Å². The fraction of sp³-hybridized carbons (Fsp3) is 0.421. The molecule has 1 aromatic heterocycles. The number of hydrogen-bond donors (Lipinski definition) is 2. The third kappa shape index (κ3) is 3.92. The Labute approximate surface area is 151 Å². The van der Waals surface area contributed by atoms with Crippen molar-refractivity contribution in [2.45, 2.75) is 37.3 Å². The number of rotatable bonds is 4. The number of halogens is 1. The average Bonchev–Trinajstić information content (AvgIpc) is 3.42. The van der Waals surface area contributed by atoms with E-state index in [1.54, 1.807) is 30.6 Å². The fourth-order valence-corrected chi connectivity index (χ4v) is 3.56. The van der Waals surface area contributed by atoms with Crippen molar-refractivity contribution in [2.75, 3.05) is 18.0 Å². The Kier molecular flexibility index (Phi) is 4.69. The largest absolute Gasteiger partial charge is 0.339 e. The van der Waals surface area contributed by atoms with Crippen LogP contribution in [0, 0.1) is 5.82 Å². The van der Waals surface area contributed by atoms with Crippen LogP contribution in [0.3, 0.4) is 0 Å². The number of amides is 2. The van der Waals surface area contributed by atoms with Crippen molar-refractivity contribution in [3.8, 4) is 0 Å². The molecule has 7 heteroatoms. The van der Waals surface area contributed by atoms with Crippen molar-refractivity contribution < 1.29 is 9.18 Å². The number of benzene rings is 1. The summed E-state index contributed by atoms with van der Waals surface area (Å²) in [4.78, 5) is 23.0. The SMILES string of the molecule is O=C(N[C@@H]1CCCN(c2ncccn2)C1)N[C@@H]1C[C@@H]1c1ccc(F)cc1. The lowest BCUT2D eigenvalue weighted by atomic mass is 10.1. The summed E-state index contributed by atoms with van der Waals surface area (Å²) in [6, 6.07) is 8.37. The van der Waals surface area contributed by atoms with Gasteiger partial charge in [0.2, 0.25) is 5.95 Å². The van der Waals surface area contributed by atoms with Gasteiger partial charge < -0.3 is 15.5 Å². The molecule has 2 amide bonds. The monoisotopic (exact) mass is 355 g/mol. The van der Waals surface area contributed by atoms with E-state index in [-0.39, 0.29) is 29.8 Å². The van der Waals surface area contributed by atoms with Crippen molar-refractivity contribution in [2.24, 2.45) is 0 Å². The molecule has 0 bridgehead atoms. The molecule has 0 radical (unpaired) electrons. The maximum absolute atomic E-state index is 13.0. The van der Waals surface area contributed by atoms with Gasteiger partial charge in [0.1, 0.15) is 5.82 Å². The Bertz CT molecular complexity index is 754. The number of hydrogen-bond acceptors (Lipinski definition) is 4. The molecule has 1 aliphatic heterocycles. The lowest BCUT2D eigenvalue weighted by Crippen LogP contribution is -2.51. The van der Waals surface area contributed by atoms with E-state index in [2.05, 4.69) is 25.5 Å². The van der Waals surface area contributed by atoms with Gasteiger partial charge in [0.25, 0.3) is 0 Å². The molecule has 136 valence electrons. The van der Waals surface area contributed by atoms with E-state index in [4.69, 9.17) is 0 Å². The summed E-state index contributed by atoms with van der Waals surface area (Å²) in [7, 11) is 0. The Morgan fingerprint density at radius 3 is 2.69 bits per heavy atom. The van der Waals surface area contributed by atoms with E-state index in [1.807, 2.05) is 0 Å². The maximum atomic E-state index is 13.0. The van der Waals surface area contributed by atoms with Gasteiger partial charge in [-0.15, -0.1) is 0 Å². The van der Waals surface area contributed by atoms with E-state index < -0.39 is 0 Å². The molecule has 4 rings (SSSR count). The van der Waals surface area contributed by atoms with Crippen molar-refractivity contribution >= 4 is 12.0 Å². The van der Waals surface area contributed by atoms with Gasteiger partial charge in [0.15, 0.2) is 0 Å². The number of aromatic nitrogens is 2. The van der Waals surface area contributed by atoms with Crippen LogP contribution in [0.1, 0.15) is 30.7 Å². The topological polar surface area (TPSA) is 70.2 Å². The lowest BCUT2D eigenvalue weighted by molar-refractivity contribution is 0.234. The Hall–Kier alpha value is -2.70. The summed E-state index contributed by atoms with van der Waals surface area (Å²) in [6.45, 7) is 1.61. The Morgan fingerprint density at radius 1 is 1.15 bits per heavy atom. The van der Waals surface area contributed by atoms with Crippen LogP contribution < -0.4 is 15.5 Å². The summed E-state index contributed by atoms with van der Waals surface area (Å²) < 4.78 is 13.0. The van der Waals surface area contributed by atoms with Crippen molar-refractivity contribution in [3.05, 3.63) is 54.1 Å². The molecule has 1 aromatic carbocycles. The van der Waals surface area contributed by atoms with Gasteiger partial charge in [-0.05, 0) is 43.0 Å². The van der Waals surface area contributed by atoms with Crippen molar-refractivity contribution in [1.82, 2.24) is 20.6 Å². The number of anilines is 1. The molecule has 2 N–H and O–H groups in total. The Balaban J connectivity index is 1.27. The summed E-state index contributed by atoms with van der Waals surface area (Å²) in [5.74, 6) is 0.751. The standard InChI is InChI=1S/C19H22FN5O/c20-14-6-4-13(5-7-14)16-11-17(16)24-19(26)23-15-3-1-10-25(12-15)18-21-8-2-9-22-18/h2,4-9,15-17H,1,3,10-12H2,(H2,23,24,26)/t15-,16-,17-/m1/s1. The van der Waals surface area contributed by atoms with E-state index in [0.717, 1.165) is 31.4 Å². The maximum Gasteiger partial charge on any atom is 0.315 e. The van der Waals surface area contributed by atoms with Crippen LogP contribution in [0.15, 0.2) is 42.7 Å². The molecule has 2 aliphatic rings. The lowest BCUT2D eigenvalue weighted by Gasteiger charge is -2.33. The molecule has 2 heterocycles. The number of urea groups is 1. The first kappa shape index (κ1) is 16.8. The highest BCUT2D eigenvalue weighted by atomic mass is 19.1. The van der Waals surface area contributed by atoms with Gasteiger partial charge >= 0.3 is 6.03 Å². The summed E-state index contributed by atoms with van der Waals surface area (Å²) >= 11 is 0. The zero-order chi connectivity index (χ0) is 17.9. The minimum Gasteiger partial charge on any atom is -0.339 e. The van der Waals surface area contributed by atoms with Crippen molar-refractivity contribution in [1.29, 1.82) is 0 Å². The normalized spacial score (nSPS) is 24.8. The van der Waals surface area contributed by atoms with Gasteiger partial charge in [-0.25, -0.2) is 19.2 Å². The van der Waals surface area contributed by atoms with Gasteiger partial charge in [0.05, 0.1) is 0 Å². The summed E-state index contributed by atoms with van der Waals surface area (Å²) in [5, 5.41) is 6.09. The smallest absolute Gasteiger partial charge is 0.315 e. The highest BCUT2D eigenvalue weighted by molar-refractivity contribution is 5.75. The molecule has 2 fully saturated rings. The molecule has 3 atom stereocenters. The van der Waals surface area contributed by atoms with Crippen LogP contribution in [0.4, 0.5) is 15.1 Å². The third-order valence-corrected chi connectivity index (χ3v) is 5.00. The van der Waals surface area contributed by atoms with Gasteiger partial charge in [-0.1, -0.05) is 12.1 Å². The first-order valence-electron chi connectivity index (χ1n) is 9.03. The number of piperidine rings is 1. The summed E-state index contributed by atoms with van der Waals surface area (Å²) in [5.41, 5.74) is 1.07. The molecule has 1 aliphatic carbocycles. The van der Waals surface area contributed by atoms with Crippen LogP contribution in [0.25, 0.3) is 0 Å². The first-order valence-corrected chi connectivity index (χ1v) is 9.03.